The lowest BCUT2D eigenvalue weighted by Gasteiger charge is -2.10. The lowest BCUT2D eigenvalue weighted by atomic mass is 10.0. The van der Waals surface area contributed by atoms with Crippen molar-refractivity contribution in [1.29, 1.82) is 0 Å². The quantitative estimate of drug-likeness (QED) is 0.813. The summed E-state index contributed by atoms with van der Waals surface area (Å²) in [5.41, 5.74) is 8.27. The number of benzene rings is 1. The van der Waals surface area contributed by atoms with Gasteiger partial charge in [0.05, 0.1) is 5.75 Å². The molecule has 1 atom stereocenters. The molecule has 18 heavy (non-hydrogen) atoms. The van der Waals surface area contributed by atoms with Crippen LogP contribution in [0.4, 0.5) is 0 Å². The van der Waals surface area contributed by atoms with Crippen LogP contribution < -0.4 is 5.73 Å². The molecule has 0 saturated carbocycles. The minimum Gasteiger partial charge on any atom is -0.328 e. The Morgan fingerprint density at radius 3 is 2.56 bits per heavy atom. The SMILES string of the molecule is Cc1cc(SCCS(C)(=O)=O)ccc1CC(C)N. The van der Waals surface area contributed by atoms with Crippen LogP contribution in [0.2, 0.25) is 0 Å². The summed E-state index contributed by atoms with van der Waals surface area (Å²) in [6.07, 6.45) is 2.14. The molecule has 0 saturated heterocycles. The van der Waals surface area contributed by atoms with E-state index in [-0.39, 0.29) is 11.8 Å². The van der Waals surface area contributed by atoms with Crippen LogP contribution in [0.5, 0.6) is 0 Å². The van der Waals surface area contributed by atoms with Gasteiger partial charge in [-0.2, -0.15) is 0 Å². The van der Waals surface area contributed by atoms with Crippen molar-refractivity contribution in [3.05, 3.63) is 29.3 Å². The summed E-state index contributed by atoms with van der Waals surface area (Å²) in [5, 5.41) is 0. The Kier molecular flexibility index (Phi) is 5.69. The van der Waals surface area contributed by atoms with Crippen molar-refractivity contribution in [2.45, 2.75) is 31.2 Å². The summed E-state index contributed by atoms with van der Waals surface area (Å²) in [4.78, 5) is 1.12. The number of hydrogen-bond acceptors (Lipinski definition) is 4. The number of rotatable bonds is 6. The monoisotopic (exact) mass is 287 g/mol. The lowest BCUT2D eigenvalue weighted by Crippen LogP contribution is -2.18. The van der Waals surface area contributed by atoms with E-state index in [0.29, 0.717) is 5.75 Å². The zero-order chi connectivity index (χ0) is 13.8. The first-order valence-corrected chi connectivity index (χ1v) is 8.98. The van der Waals surface area contributed by atoms with Crippen LogP contribution in [0.3, 0.4) is 0 Å². The highest BCUT2D eigenvalue weighted by Crippen LogP contribution is 2.22. The molecule has 0 radical (unpaired) electrons. The van der Waals surface area contributed by atoms with Gasteiger partial charge in [0.25, 0.3) is 0 Å². The average molecular weight is 287 g/mol. The van der Waals surface area contributed by atoms with Crippen LogP contribution in [0, 0.1) is 6.92 Å². The summed E-state index contributed by atoms with van der Waals surface area (Å²) >= 11 is 1.58. The lowest BCUT2D eigenvalue weighted by molar-refractivity contribution is 0.603. The zero-order valence-corrected chi connectivity index (χ0v) is 12.8. The van der Waals surface area contributed by atoms with E-state index in [1.165, 1.54) is 17.4 Å². The molecular formula is C13H21NO2S2. The van der Waals surface area contributed by atoms with E-state index in [4.69, 9.17) is 5.73 Å². The third kappa shape index (κ3) is 5.89. The predicted octanol–water partition coefficient (Wildman–Crippen LogP) is 2.02. The molecule has 0 amide bonds. The van der Waals surface area contributed by atoms with Gasteiger partial charge in [0.15, 0.2) is 0 Å². The Morgan fingerprint density at radius 1 is 1.39 bits per heavy atom. The van der Waals surface area contributed by atoms with Gasteiger partial charge in [-0.25, -0.2) is 8.42 Å². The topological polar surface area (TPSA) is 60.2 Å². The Hall–Kier alpha value is -0.520. The molecule has 1 rings (SSSR count). The second-order valence-corrected chi connectivity index (χ2v) is 8.18. The second-order valence-electron chi connectivity index (χ2n) is 4.75. The van der Waals surface area contributed by atoms with Crippen LogP contribution in [0.25, 0.3) is 0 Å². The first kappa shape index (κ1) is 15.5. The van der Waals surface area contributed by atoms with Crippen molar-refractivity contribution < 1.29 is 8.42 Å². The smallest absolute Gasteiger partial charge is 0.148 e. The van der Waals surface area contributed by atoms with Gasteiger partial charge >= 0.3 is 0 Å². The maximum atomic E-state index is 11.0. The van der Waals surface area contributed by atoms with Crippen LogP contribution in [0.15, 0.2) is 23.1 Å². The number of nitrogens with two attached hydrogens (primary N) is 1. The molecule has 0 aliphatic heterocycles. The molecule has 0 aliphatic rings. The first-order valence-electron chi connectivity index (χ1n) is 5.93. The summed E-state index contributed by atoms with van der Waals surface area (Å²) in [7, 11) is -2.87. The summed E-state index contributed by atoms with van der Waals surface area (Å²) in [6.45, 7) is 4.06. The fraction of sp³-hybridized carbons (Fsp3) is 0.538. The van der Waals surface area contributed by atoms with Gasteiger partial charge in [0.2, 0.25) is 0 Å². The molecule has 0 aromatic heterocycles. The molecule has 0 spiro atoms. The molecule has 1 aromatic carbocycles. The normalized spacial score (nSPS) is 13.6. The maximum absolute atomic E-state index is 11.0. The van der Waals surface area contributed by atoms with Crippen molar-refractivity contribution in [1.82, 2.24) is 0 Å². The highest BCUT2D eigenvalue weighted by Gasteiger charge is 2.05. The van der Waals surface area contributed by atoms with Gasteiger partial charge in [-0.1, -0.05) is 6.07 Å². The van der Waals surface area contributed by atoms with Crippen LogP contribution in [-0.4, -0.2) is 32.2 Å². The maximum Gasteiger partial charge on any atom is 0.148 e. The molecule has 0 fully saturated rings. The Balaban J connectivity index is 2.61. The molecule has 1 unspecified atom stereocenters. The highest BCUT2D eigenvalue weighted by atomic mass is 32.2. The van der Waals surface area contributed by atoms with Gasteiger partial charge in [0.1, 0.15) is 9.84 Å². The number of sulfone groups is 1. The Bertz CT molecular complexity index is 496. The fourth-order valence-electron chi connectivity index (χ4n) is 1.64. The molecular weight excluding hydrogens is 266 g/mol. The second kappa shape index (κ2) is 6.59. The fourth-order valence-corrected chi connectivity index (χ4v) is 3.85. The Morgan fingerprint density at radius 2 is 2.06 bits per heavy atom. The van der Waals surface area contributed by atoms with Gasteiger partial charge in [-0.15, -0.1) is 11.8 Å². The predicted molar refractivity (Wildman–Crippen MR) is 79.0 cm³/mol. The number of thioether (sulfide) groups is 1. The standard InChI is InChI=1S/C13H21NO2S2/c1-10-8-13(17-6-7-18(3,15)16)5-4-12(10)9-11(2)14/h4-5,8,11H,6-7,9,14H2,1-3H3. The van der Waals surface area contributed by atoms with E-state index in [1.54, 1.807) is 11.8 Å². The molecule has 3 nitrogen and oxygen atoms in total. The van der Waals surface area contributed by atoms with Crippen molar-refractivity contribution >= 4 is 21.6 Å². The van der Waals surface area contributed by atoms with E-state index in [1.807, 2.05) is 13.0 Å². The number of aryl methyl sites for hydroxylation is 1. The zero-order valence-electron chi connectivity index (χ0n) is 11.1. The van der Waals surface area contributed by atoms with Crippen LogP contribution >= 0.6 is 11.8 Å². The highest BCUT2D eigenvalue weighted by molar-refractivity contribution is 8.00. The van der Waals surface area contributed by atoms with E-state index < -0.39 is 9.84 Å². The molecule has 0 heterocycles. The minimum absolute atomic E-state index is 0.160. The van der Waals surface area contributed by atoms with Gasteiger partial charge in [-0.05, 0) is 43.5 Å². The molecule has 5 heteroatoms. The van der Waals surface area contributed by atoms with Gasteiger partial charge in [0, 0.05) is 22.9 Å². The van der Waals surface area contributed by atoms with Crippen LogP contribution in [0.1, 0.15) is 18.1 Å². The van der Waals surface area contributed by atoms with Crippen molar-refractivity contribution in [3.8, 4) is 0 Å². The van der Waals surface area contributed by atoms with Gasteiger partial charge in [-0.3, -0.25) is 0 Å². The Labute approximate surface area is 114 Å². The molecule has 0 aliphatic carbocycles. The van der Waals surface area contributed by atoms with E-state index >= 15 is 0 Å². The average Bonchev–Trinajstić information content (AvgIpc) is 2.19. The molecule has 1 aromatic rings. The van der Waals surface area contributed by atoms with Crippen molar-refractivity contribution in [2.24, 2.45) is 5.73 Å². The first-order chi connectivity index (χ1) is 8.28. The molecule has 2 N–H and O–H groups in total. The minimum atomic E-state index is -2.87. The molecule has 0 bridgehead atoms. The third-order valence-corrected chi connectivity index (χ3v) is 4.78. The van der Waals surface area contributed by atoms with E-state index in [0.717, 1.165) is 11.3 Å². The van der Waals surface area contributed by atoms with Crippen molar-refractivity contribution in [3.63, 3.8) is 0 Å². The number of hydrogen-bond donors (Lipinski definition) is 1. The largest absolute Gasteiger partial charge is 0.328 e. The van der Waals surface area contributed by atoms with E-state index in [2.05, 4.69) is 19.1 Å². The third-order valence-electron chi connectivity index (χ3n) is 2.58. The summed E-state index contributed by atoms with van der Waals surface area (Å²) in [5.74, 6) is 0.823. The molecule has 102 valence electrons. The van der Waals surface area contributed by atoms with Crippen LogP contribution in [-0.2, 0) is 16.3 Å². The summed E-state index contributed by atoms with van der Waals surface area (Å²) < 4.78 is 22.1. The van der Waals surface area contributed by atoms with E-state index in [9.17, 15) is 8.42 Å². The summed E-state index contributed by atoms with van der Waals surface area (Å²) in [6, 6.07) is 6.39. The van der Waals surface area contributed by atoms with Crippen molar-refractivity contribution in [2.75, 3.05) is 17.8 Å². The van der Waals surface area contributed by atoms with Gasteiger partial charge < -0.3 is 5.73 Å².